The van der Waals surface area contributed by atoms with Gasteiger partial charge >= 0.3 is 5.97 Å². The number of rotatable bonds is 4. The second-order valence-corrected chi connectivity index (χ2v) is 3.57. The number of hydrogen-bond donors (Lipinski definition) is 0. The van der Waals surface area contributed by atoms with Crippen LogP contribution in [0.3, 0.4) is 0 Å². The molecule has 1 rings (SSSR count). The lowest BCUT2D eigenvalue weighted by molar-refractivity contribution is -0.145. The number of nitrogens with zero attached hydrogens (tertiary/aromatic N) is 1. The van der Waals surface area contributed by atoms with Crippen molar-refractivity contribution in [1.29, 1.82) is 5.26 Å². The van der Waals surface area contributed by atoms with Gasteiger partial charge in [-0.3, -0.25) is 4.79 Å². The average molecular weight is 229 g/mol. The smallest absolute Gasteiger partial charge is 0.313 e. The first-order chi connectivity index (χ1) is 8.20. The minimum atomic E-state index is -0.433. The van der Waals surface area contributed by atoms with Crippen molar-refractivity contribution in [2.45, 2.75) is 13.8 Å². The molecule has 0 fully saturated rings. The summed E-state index contributed by atoms with van der Waals surface area (Å²) in [5.41, 5.74) is 1.56. The maximum absolute atomic E-state index is 11.7. The molecule has 3 nitrogen and oxygen atoms in total. The van der Waals surface area contributed by atoms with Crippen molar-refractivity contribution in [3.63, 3.8) is 0 Å². The number of carbonyl (C=O) groups is 1. The van der Waals surface area contributed by atoms with Gasteiger partial charge < -0.3 is 4.74 Å². The van der Waals surface area contributed by atoms with Gasteiger partial charge in [-0.1, -0.05) is 30.3 Å². The highest BCUT2D eigenvalue weighted by atomic mass is 16.5. The van der Waals surface area contributed by atoms with E-state index in [9.17, 15) is 4.79 Å². The lowest BCUT2D eigenvalue weighted by Crippen LogP contribution is -2.16. The van der Waals surface area contributed by atoms with Gasteiger partial charge in [0.25, 0.3) is 0 Å². The molecule has 3 heteroatoms. The van der Waals surface area contributed by atoms with Crippen molar-refractivity contribution in [3.8, 4) is 6.07 Å². The molecule has 0 radical (unpaired) electrons. The zero-order valence-electron chi connectivity index (χ0n) is 10.0. The summed E-state index contributed by atoms with van der Waals surface area (Å²) in [7, 11) is 0. The number of nitriles is 1. The SMILES string of the molecule is CCOC(=O)C(C)/C(=C/C#N)c1ccccc1. The minimum Gasteiger partial charge on any atom is -0.466 e. The molecule has 1 unspecified atom stereocenters. The average Bonchev–Trinajstić information content (AvgIpc) is 2.36. The first kappa shape index (κ1) is 13.0. The van der Waals surface area contributed by atoms with Crippen LogP contribution < -0.4 is 0 Å². The van der Waals surface area contributed by atoms with Crippen molar-refractivity contribution in [2.24, 2.45) is 5.92 Å². The van der Waals surface area contributed by atoms with Crippen molar-refractivity contribution in [1.82, 2.24) is 0 Å². The summed E-state index contributed by atoms with van der Waals surface area (Å²) in [6, 6.07) is 11.4. The summed E-state index contributed by atoms with van der Waals surface area (Å²) in [6.07, 6.45) is 1.40. The molecule has 0 aliphatic rings. The number of hydrogen-bond acceptors (Lipinski definition) is 3. The third kappa shape index (κ3) is 3.46. The van der Waals surface area contributed by atoms with Crippen molar-refractivity contribution < 1.29 is 9.53 Å². The zero-order valence-corrected chi connectivity index (χ0v) is 10.0. The van der Waals surface area contributed by atoms with Crippen molar-refractivity contribution >= 4 is 11.5 Å². The van der Waals surface area contributed by atoms with E-state index in [4.69, 9.17) is 10.00 Å². The van der Waals surface area contributed by atoms with E-state index in [1.807, 2.05) is 36.4 Å². The summed E-state index contributed by atoms with van der Waals surface area (Å²) in [5, 5.41) is 8.78. The number of esters is 1. The Balaban J connectivity index is 3.00. The molecule has 0 saturated heterocycles. The quantitative estimate of drug-likeness (QED) is 0.589. The van der Waals surface area contributed by atoms with E-state index >= 15 is 0 Å². The predicted molar refractivity (Wildman–Crippen MR) is 65.8 cm³/mol. The predicted octanol–water partition coefficient (Wildman–Crippen LogP) is 2.79. The van der Waals surface area contributed by atoms with Gasteiger partial charge in [-0.2, -0.15) is 5.26 Å². The first-order valence-corrected chi connectivity index (χ1v) is 5.52. The van der Waals surface area contributed by atoms with E-state index in [2.05, 4.69) is 0 Å². The molecule has 0 amide bonds. The van der Waals surface area contributed by atoms with Gasteiger partial charge in [-0.25, -0.2) is 0 Å². The lowest BCUT2D eigenvalue weighted by Gasteiger charge is -2.14. The Kier molecular flexibility index (Phi) is 4.96. The maximum atomic E-state index is 11.7. The zero-order chi connectivity index (χ0) is 12.7. The highest BCUT2D eigenvalue weighted by Gasteiger charge is 2.20. The monoisotopic (exact) mass is 229 g/mol. The third-order valence-electron chi connectivity index (χ3n) is 2.43. The van der Waals surface area contributed by atoms with Crippen LogP contribution in [-0.4, -0.2) is 12.6 Å². The van der Waals surface area contributed by atoms with Crippen LogP contribution in [-0.2, 0) is 9.53 Å². The molecule has 0 aliphatic heterocycles. The molecule has 0 N–H and O–H groups in total. The minimum absolute atomic E-state index is 0.308. The molecular weight excluding hydrogens is 214 g/mol. The molecule has 1 atom stereocenters. The molecule has 0 aliphatic carbocycles. The highest BCUT2D eigenvalue weighted by Crippen LogP contribution is 2.24. The number of benzene rings is 1. The van der Waals surface area contributed by atoms with Crippen LogP contribution in [0.4, 0.5) is 0 Å². The molecule has 1 aromatic carbocycles. The molecule has 0 bridgehead atoms. The van der Waals surface area contributed by atoms with Crippen LogP contribution in [0.15, 0.2) is 36.4 Å². The van der Waals surface area contributed by atoms with Gasteiger partial charge in [0.1, 0.15) is 0 Å². The van der Waals surface area contributed by atoms with Crippen LogP contribution in [0, 0.1) is 17.2 Å². The second-order valence-electron chi connectivity index (χ2n) is 3.57. The van der Waals surface area contributed by atoms with E-state index in [-0.39, 0.29) is 5.97 Å². The fourth-order valence-corrected chi connectivity index (χ4v) is 1.55. The standard InChI is InChI=1S/C14H15NO2/c1-3-17-14(16)11(2)13(9-10-15)12-7-5-4-6-8-12/h4-9,11H,3H2,1-2H3/b13-9-. The van der Waals surface area contributed by atoms with E-state index in [1.165, 1.54) is 6.08 Å². The molecular formula is C14H15NO2. The fraction of sp³-hybridized carbons (Fsp3) is 0.286. The Labute approximate surface area is 101 Å². The summed E-state index contributed by atoms with van der Waals surface area (Å²) in [6.45, 7) is 3.85. The molecule has 0 heterocycles. The van der Waals surface area contributed by atoms with Crippen LogP contribution in [0.5, 0.6) is 0 Å². The lowest BCUT2D eigenvalue weighted by atomic mass is 9.94. The van der Waals surface area contributed by atoms with Crippen molar-refractivity contribution in [3.05, 3.63) is 42.0 Å². The third-order valence-corrected chi connectivity index (χ3v) is 2.43. The van der Waals surface area contributed by atoms with Gasteiger partial charge in [0.05, 0.1) is 18.6 Å². The molecule has 88 valence electrons. The summed E-state index contributed by atoms with van der Waals surface area (Å²) < 4.78 is 4.96. The van der Waals surface area contributed by atoms with E-state index < -0.39 is 5.92 Å². The van der Waals surface area contributed by atoms with Crippen LogP contribution >= 0.6 is 0 Å². The first-order valence-electron chi connectivity index (χ1n) is 5.52. The Bertz CT molecular complexity index is 443. The number of allylic oxidation sites excluding steroid dienone is 1. The summed E-state index contributed by atoms with van der Waals surface area (Å²) in [4.78, 5) is 11.7. The Morgan fingerprint density at radius 2 is 2.12 bits per heavy atom. The van der Waals surface area contributed by atoms with Gasteiger partial charge in [0, 0.05) is 6.08 Å². The number of ether oxygens (including phenoxy) is 1. The number of carbonyl (C=O) groups excluding carboxylic acids is 1. The molecule has 1 aromatic rings. The molecule has 17 heavy (non-hydrogen) atoms. The van der Waals surface area contributed by atoms with E-state index in [0.29, 0.717) is 12.2 Å². The highest BCUT2D eigenvalue weighted by molar-refractivity contribution is 5.88. The normalized spacial score (nSPS) is 12.6. The van der Waals surface area contributed by atoms with E-state index in [1.54, 1.807) is 13.8 Å². The van der Waals surface area contributed by atoms with Crippen LogP contribution in [0.25, 0.3) is 5.57 Å². The Morgan fingerprint density at radius 1 is 1.47 bits per heavy atom. The summed E-state index contributed by atoms with van der Waals surface area (Å²) >= 11 is 0. The van der Waals surface area contributed by atoms with Gasteiger partial charge in [-0.15, -0.1) is 0 Å². The van der Waals surface area contributed by atoms with Gasteiger partial charge in [0.2, 0.25) is 0 Å². The topological polar surface area (TPSA) is 50.1 Å². The maximum Gasteiger partial charge on any atom is 0.313 e. The van der Waals surface area contributed by atoms with Crippen LogP contribution in [0.1, 0.15) is 19.4 Å². The second kappa shape index (κ2) is 6.49. The largest absolute Gasteiger partial charge is 0.466 e. The Morgan fingerprint density at radius 3 is 2.65 bits per heavy atom. The Hall–Kier alpha value is -2.08. The van der Waals surface area contributed by atoms with Crippen molar-refractivity contribution in [2.75, 3.05) is 6.61 Å². The molecule has 0 aromatic heterocycles. The fourth-order valence-electron chi connectivity index (χ4n) is 1.55. The van der Waals surface area contributed by atoms with Crippen LogP contribution in [0.2, 0.25) is 0 Å². The molecule has 0 saturated carbocycles. The molecule has 0 spiro atoms. The summed E-state index contributed by atoms with van der Waals surface area (Å²) in [5.74, 6) is -0.741. The van der Waals surface area contributed by atoms with Gasteiger partial charge in [0.15, 0.2) is 0 Å². The van der Waals surface area contributed by atoms with E-state index in [0.717, 1.165) is 5.56 Å². The van der Waals surface area contributed by atoms with Gasteiger partial charge in [-0.05, 0) is 25.0 Å².